The van der Waals surface area contributed by atoms with E-state index in [0.717, 1.165) is 27.8 Å². The number of rotatable bonds is 15. The predicted molar refractivity (Wildman–Crippen MR) is 257 cm³/mol. The number of methoxy groups -OCH3 is 3. The molecule has 0 aliphatic rings. The fourth-order valence-corrected chi connectivity index (χ4v) is 7.86. The Hall–Kier alpha value is -8.36. The Labute approximate surface area is 384 Å². The molecule has 0 heterocycles. The number of carbonyl (C=O) groups excluding carboxylic acids is 4. The van der Waals surface area contributed by atoms with Crippen molar-refractivity contribution < 1.29 is 38.1 Å². The zero-order chi connectivity index (χ0) is 46.5. The van der Waals surface area contributed by atoms with Crippen molar-refractivity contribution in [3.8, 4) is 51.0 Å². The molecule has 8 nitrogen and oxygen atoms in total. The molecular weight excluding hydrogens is 825 g/mol. The van der Waals surface area contributed by atoms with E-state index in [0.29, 0.717) is 84.4 Å². The third kappa shape index (κ3) is 9.30. The quantitative estimate of drug-likeness (QED) is 0.0938. The molecule has 0 amide bonds. The maximum Gasteiger partial charge on any atom is 0.193 e. The van der Waals surface area contributed by atoms with Crippen molar-refractivity contribution in [1.29, 1.82) is 0 Å². The molecule has 0 radical (unpaired) electrons. The molecule has 8 aromatic rings. The third-order valence-electron chi connectivity index (χ3n) is 11.6. The van der Waals surface area contributed by atoms with Crippen molar-refractivity contribution in [2.24, 2.45) is 0 Å². The first-order chi connectivity index (χ1) is 31.9. The van der Waals surface area contributed by atoms with Crippen molar-refractivity contribution in [3.63, 3.8) is 0 Å². The van der Waals surface area contributed by atoms with Crippen LogP contribution >= 0.6 is 0 Å². The second-order valence-electron chi connectivity index (χ2n) is 15.9. The number of ether oxygens (including phenoxy) is 4. The van der Waals surface area contributed by atoms with E-state index < -0.39 is 0 Å². The van der Waals surface area contributed by atoms with E-state index in [9.17, 15) is 19.2 Å². The third-order valence-corrected chi connectivity index (χ3v) is 11.6. The lowest BCUT2D eigenvalue weighted by Crippen LogP contribution is -2.07. The Balaban J connectivity index is 1.19. The summed E-state index contributed by atoms with van der Waals surface area (Å²) in [5, 5.41) is 0. The Morgan fingerprint density at radius 3 is 1.15 bits per heavy atom. The van der Waals surface area contributed by atoms with Gasteiger partial charge in [-0.25, -0.2) is 0 Å². The van der Waals surface area contributed by atoms with Crippen LogP contribution in [0.25, 0.3) is 22.3 Å². The highest BCUT2D eigenvalue weighted by Crippen LogP contribution is 2.42. The summed E-state index contributed by atoms with van der Waals surface area (Å²) in [5.74, 6) is 2.20. The van der Waals surface area contributed by atoms with Crippen molar-refractivity contribution in [2.75, 3.05) is 21.3 Å². The summed E-state index contributed by atoms with van der Waals surface area (Å²) in [6, 6.07) is 49.8. The van der Waals surface area contributed by atoms with Gasteiger partial charge >= 0.3 is 0 Å². The maximum absolute atomic E-state index is 14.6. The Kier molecular flexibility index (Phi) is 12.9. The van der Waals surface area contributed by atoms with Gasteiger partial charge in [0.2, 0.25) is 0 Å². The Morgan fingerprint density at radius 2 is 0.697 bits per heavy atom. The first-order valence-corrected chi connectivity index (χ1v) is 21.3. The van der Waals surface area contributed by atoms with Gasteiger partial charge in [0, 0.05) is 50.1 Å². The molecule has 0 N–H and O–H groups in total. The highest BCUT2D eigenvalue weighted by molar-refractivity contribution is 6.15. The van der Waals surface area contributed by atoms with E-state index in [2.05, 4.69) is 0 Å². The molecule has 326 valence electrons. The second kappa shape index (κ2) is 19.2. The summed E-state index contributed by atoms with van der Waals surface area (Å²) in [6.45, 7) is 5.96. The summed E-state index contributed by atoms with van der Waals surface area (Å²) < 4.78 is 22.6. The molecule has 0 spiro atoms. The minimum Gasteiger partial charge on any atom is -0.497 e. The lowest BCUT2D eigenvalue weighted by atomic mass is 9.87. The standard InChI is InChI=1S/C58H46O8/c1-35-7-30-49(58(62)43-12-10-38(11-13-43)55(59)39-14-22-45(63-4)23-15-39)52(31-35)53-32-37(3)51(50-33-44(9-8-36(50)2)57(61)42-18-26-47(65-6)27-19-42)34-54(53)66-48-28-20-41(21-29-48)56(60)40-16-24-46(64-5)25-17-40/h7-34H,1-6H3. The van der Waals surface area contributed by atoms with E-state index in [-0.39, 0.29) is 23.1 Å². The van der Waals surface area contributed by atoms with Gasteiger partial charge in [0.1, 0.15) is 28.7 Å². The van der Waals surface area contributed by atoms with Crippen LogP contribution in [0.15, 0.2) is 170 Å². The highest BCUT2D eigenvalue weighted by Gasteiger charge is 2.23. The second-order valence-corrected chi connectivity index (χ2v) is 15.9. The van der Waals surface area contributed by atoms with Crippen molar-refractivity contribution in [3.05, 3.63) is 231 Å². The Morgan fingerprint density at radius 1 is 0.318 bits per heavy atom. The number of hydrogen-bond acceptors (Lipinski definition) is 8. The Bertz CT molecular complexity index is 3110. The van der Waals surface area contributed by atoms with E-state index in [1.165, 1.54) is 0 Å². The van der Waals surface area contributed by atoms with Gasteiger partial charge in [0.25, 0.3) is 0 Å². The first kappa shape index (κ1) is 44.3. The van der Waals surface area contributed by atoms with Gasteiger partial charge < -0.3 is 18.9 Å². The smallest absolute Gasteiger partial charge is 0.193 e. The number of benzene rings is 8. The molecule has 8 rings (SSSR count). The van der Waals surface area contributed by atoms with E-state index in [4.69, 9.17) is 18.9 Å². The van der Waals surface area contributed by atoms with Crippen LogP contribution in [0.1, 0.15) is 80.4 Å². The van der Waals surface area contributed by atoms with Crippen LogP contribution in [0.2, 0.25) is 0 Å². The van der Waals surface area contributed by atoms with E-state index >= 15 is 0 Å². The van der Waals surface area contributed by atoms with Gasteiger partial charge in [-0.3, -0.25) is 19.2 Å². The van der Waals surface area contributed by atoms with Crippen LogP contribution in [0.5, 0.6) is 28.7 Å². The van der Waals surface area contributed by atoms with Crippen molar-refractivity contribution in [2.45, 2.75) is 20.8 Å². The number of hydrogen-bond donors (Lipinski definition) is 0. The highest BCUT2D eigenvalue weighted by atomic mass is 16.5. The first-order valence-electron chi connectivity index (χ1n) is 21.3. The summed E-state index contributed by atoms with van der Waals surface area (Å²) >= 11 is 0. The minimum absolute atomic E-state index is 0.130. The van der Waals surface area contributed by atoms with Crippen LogP contribution in [0.4, 0.5) is 0 Å². The van der Waals surface area contributed by atoms with Gasteiger partial charge in [0.05, 0.1) is 21.3 Å². The molecule has 0 aliphatic carbocycles. The fraction of sp³-hybridized carbons (Fsp3) is 0.103. The van der Waals surface area contributed by atoms with Crippen LogP contribution < -0.4 is 18.9 Å². The predicted octanol–water partition coefficient (Wildman–Crippen LogP) is 12.7. The van der Waals surface area contributed by atoms with Gasteiger partial charge in [-0.2, -0.15) is 0 Å². The summed E-state index contributed by atoms with van der Waals surface area (Å²) in [7, 11) is 4.73. The average Bonchev–Trinajstić information content (AvgIpc) is 3.36. The molecule has 0 saturated carbocycles. The fourth-order valence-electron chi connectivity index (χ4n) is 7.86. The molecular formula is C58H46O8. The van der Waals surface area contributed by atoms with Crippen molar-refractivity contribution >= 4 is 23.1 Å². The SMILES string of the molecule is COc1ccc(C(=O)c2ccc(Oc3cc(-c4cc(C(=O)c5ccc(OC)cc5)ccc4C)c(C)cc3-c3cc(C)ccc3C(=O)c3ccc(C(=O)c4ccc(OC)cc4)cc3)cc2)cc1. The van der Waals surface area contributed by atoms with Crippen LogP contribution in [0, 0.1) is 20.8 Å². The summed E-state index contributed by atoms with van der Waals surface area (Å²) in [4.78, 5) is 55.1. The number of ketones is 4. The molecule has 0 saturated heterocycles. The van der Waals surface area contributed by atoms with Gasteiger partial charge in [-0.15, -0.1) is 0 Å². The number of aryl methyl sites for hydroxylation is 3. The maximum atomic E-state index is 14.6. The van der Waals surface area contributed by atoms with Crippen LogP contribution in [0.3, 0.4) is 0 Å². The molecule has 0 unspecified atom stereocenters. The lowest BCUT2D eigenvalue weighted by Gasteiger charge is -2.20. The average molecular weight is 871 g/mol. The van der Waals surface area contributed by atoms with Crippen molar-refractivity contribution in [1.82, 2.24) is 0 Å². The largest absolute Gasteiger partial charge is 0.497 e. The van der Waals surface area contributed by atoms with Crippen LogP contribution in [-0.2, 0) is 0 Å². The molecule has 8 aromatic carbocycles. The molecule has 0 bridgehead atoms. The molecule has 0 aliphatic heterocycles. The van der Waals surface area contributed by atoms with Gasteiger partial charge in [-0.05, 0) is 164 Å². The molecule has 0 fully saturated rings. The number of carbonyl (C=O) groups is 4. The zero-order valence-electron chi connectivity index (χ0n) is 37.4. The minimum atomic E-state index is -0.233. The van der Waals surface area contributed by atoms with Gasteiger partial charge in [0.15, 0.2) is 23.1 Å². The molecule has 0 atom stereocenters. The van der Waals surface area contributed by atoms with E-state index in [1.54, 1.807) is 143 Å². The topological polar surface area (TPSA) is 105 Å². The zero-order valence-corrected chi connectivity index (χ0v) is 37.4. The van der Waals surface area contributed by atoms with Gasteiger partial charge in [-0.1, -0.05) is 60.2 Å². The summed E-state index contributed by atoms with van der Waals surface area (Å²) in [5.41, 5.74) is 9.61. The van der Waals surface area contributed by atoms with Crippen LogP contribution in [-0.4, -0.2) is 44.5 Å². The molecule has 66 heavy (non-hydrogen) atoms. The molecule has 8 heteroatoms. The van der Waals surface area contributed by atoms with E-state index in [1.807, 2.05) is 69.3 Å². The summed E-state index contributed by atoms with van der Waals surface area (Å²) in [6.07, 6.45) is 0. The lowest BCUT2D eigenvalue weighted by molar-refractivity contribution is 0.102. The normalized spacial score (nSPS) is 10.8. The monoisotopic (exact) mass is 870 g/mol. The molecule has 0 aromatic heterocycles.